The molecule has 1 aromatic heterocycles. The number of para-hydroxylation sites is 1. The highest BCUT2D eigenvalue weighted by molar-refractivity contribution is 7.89. The number of thiazole rings is 1. The van der Waals surface area contributed by atoms with Gasteiger partial charge < -0.3 is 10.1 Å². The van der Waals surface area contributed by atoms with E-state index in [1.165, 1.54) is 4.31 Å². The summed E-state index contributed by atoms with van der Waals surface area (Å²) in [6.45, 7) is 0.958. The smallest absolute Gasteiger partial charge is 0.214 e. The Morgan fingerprint density at radius 2 is 2.14 bits per heavy atom. The molecule has 0 aliphatic carbocycles. The van der Waals surface area contributed by atoms with Crippen LogP contribution in [0, 0.1) is 5.92 Å². The Morgan fingerprint density at radius 1 is 1.36 bits per heavy atom. The monoisotopic (exact) mass is 341 g/mol. The van der Waals surface area contributed by atoms with Crippen LogP contribution in [0.25, 0.3) is 10.2 Å². The van der Waals surface area contributed by atoms with Crippen molar-refractivity contribution in [3.63, 3.8) is 0 Å². The number of anilines is 1. The molecule has 1 aliphatic heterocycles. The molecule has 2 aromatic rings. The molecule has 0 spiro atoms. The fraction of sp³-hybridized carbons (Fsp3) is 0.500. The van der Waals surface area contributed by atoms with Crippen molar-refractivity contribution < 1.29 is 13.2 Å². The van der Waals surface area contributed by atoms with Crippen LogP contribution in [0.5, 0.6) is 0 Å². The van der Waals surface area contributed by atoms with Crippen LogP contribution in [0.4, 0.5) is 5.13 Å². The van der Waals surface area contributed by atoms with E-state index in [2.05, 4.69) is 10.3 Å². The second kappa shape index (κ2) is 6.11. The molecule has 3 rings (SSSR count). The maximum absolute atomic E-state index is 12.1. The highest BCUT2D eigenvalue weighted by atomic mass is 32.2. The van der Waals surface area contributed by atoms with Gasteiger partial charge in [-0.2, -0.15) is 0 Å². The average Bonchev–Trinajstić information content (AvgIpc) is 3.05. The van der Waals surface area contributed by atoms with Gasteiger partial charge in [0, 0.05) is 20.0 Å². The molecule has 120 valence electrons. The molecular formula is C14H19N3O3S2. The highest BCUT2D eigenvalue weighted by Gasteiger charge is 2.33. The molecule has 2 heterocycles. The first-order valence-corrected chi connectivity index (χ1v) is 9.48. The van der Waals surface area contributed by atoms with Crippen molar-refractivity contribution in [3.8, 4) is 0 Å². The zero-order chi connectivity index (χ0) is 15.7. The summed E-state index contributed by atoms with van der Waals surface area (Å²) in [4.78, 5) is 4.53. The van der Waals surface area contributed by atoms with E-state index in [-0.39, 0.29) is 17.7 Å². The third-order valence-corrected chi connectivity index (χ3v) is 6.71. The lowest BCUT2D eigenvalue weighted by Crippen LogP contribution is -2.36. The number of aromatic nitrogens is 1. The second-order valence-electron chi connectivity index (χ2n) is 5.60. The van der Waals surface area contributed by atoms with E-state index in [9.17, 15) is 8.42 Å². The molecule has 1 aliphatic rings. The number of benzene rings is 1. The molecule has 1 saturated heterocycles. The van der Waals surface area contributed by atoms with Crippen molar-refractivity contribution >= 4 is 36.7 Å². The topological polar surface area (TPSA) is 71.5 Å². The SMILES string of the molecule is CN(C)S(=O)(=O)C[C@@H]1COC[C@@H]1Nc1nc2ccccc2s1. The van der Waals surface area contributed by atoms with E-state index in [0.29, 0.717) is 13.2 Å². The molecule has 0 amide bonds. The summed E-state index contributed by atoms with van der Waals surface area (Å²) < 4.78 is 32.0. The van der Waals surface area contributed by atoms with E-state index >= 15 is 0 Å². The van der Waals surface area contributed by atoms with Gasteiger partial charge in [-0.15, -0.1) is 0 Å². The third-order valence-electron chi connectivity index (χ3n) is 3.78. The van der Waals surface area contributed by atoms with E-state index < -0.39 is 10.0 Å². The fourth-order valence-electron chi connectivity index (χ4n) is 2.43. The van der Waals surface area contributed by atoms with Crippen molar-refractivity contribution in [2.75, 3.05) is 38.4 Å². The second-order valence-corrected chi connectivity index (χ2v) is 8.85. The summed E-state index contributed by atoms with van der Waals surface area (Å²) in [7, 11) is -0.122. The molecule has 0 unspecified atom stereocenters. The maximum Gasteiger partial charge on any atom is 0.214 e. The lowest BCUT2D eigenvalue weighted by Gasteiger charge is -2.20. The number of nitrogens with one attached hydrogen (secondary N) is 1. The predicted octanol–water partition coefficient (Wildman–Crippen LogP) is 1.61. The molecule has 0 bridgehead atoms. The molecule has 2 atom stereocenters. The summed E-state index contributed by atoms with van der Waals surface area (Å²) in [6, 6.07) is 7.90. The highest BCUT2D eigenvalue weighted by Crippen LogP contribution is 2.28. The van der Waals surface area contributed by atoms with Crippen LogP contribution in [0.1, 0.15) is 0 Å². The Morgan fingerprint density at radius 3 is 2.86 bits per heavy atom. The van der Waals surface area contributed by atoms with Crippen LogP contribution < -0.4 is 5.32 Å². The number of sulfonamides is 1. The largest absolute Gasteiger partial charge is 0.379 e. The number of hydrogen-bond donors (Lipinski definition) is 1. The summed E-state index contributed by atoms with van der Waals surface area (Å²) in [5, 5.41) is 4.15. The molecule has 1 fully saturated rings. The molecule has 1 N–H and O–H groups in total. The number of fused-ring (bicyclic) bond motifs is 1. The zero-order valence-corrected chi connectivity index (χ0v) is 14.2. The van der Waals surface area contributed by atoms with Gasteiger partial charge in [-0.25, -0.2) is 17.7 Å². The first-order chi connectivity index (χ1) is 10.5. The van der Waals surface area contributed by atoms with Crippen LogP contribution in [0.3, 0.4) is 0 Å². The van der Waals surface area contributed by atoms with Gasteiger partial charge in [-0.1, -0.05) is 23.5 Å². The molecule has 0 radical (unpaired) electrons. The minimum Gasteiger partial charge on any atom is -0.379 e. The average molecular weight is 341 g/mol. The van der Waals surface area contributed by atoms with Crippen LogP contribution >= 0.6 is 11.3 Å². The van der Waals surface area contributed by atoms with E-state index in [1.807, 2.05) is 24.3 Å². The Hall–Kier alpha value is -1.22. The zero-order valence-electron chi connectivity index (χ0n) is 12.5. The van der Waals surface area contributed by atoms with E-state index in [4.69, 9.17) is 4.74 Å². The standard InChI is InChI=1S/C14H19N3O3S2/c1-17(2)22(18,19)9-10-7-20-8-12(10)16-14-15-11-5-3-4-6-13(11)21-14/h3-6,10,12H,7-9H2,1-2H3,(H,15,16)/t10-,12-/m0/s1. The van der Waals surface area contributed by atoms with Crippen LogP contribution in [0.2, 0.25) is 0 Å². The minimum atomic E-state index is -3.24. The number of hydrogen-bond acceptors (Lipinski definition) is 6. The van der Waals surface area contributed by atoms with Gasteiger partial charge in [0.05, 0.1) is 35.2 Å². The van der Waals surface area contributed by atoms with Gasteiger partial charge in [0.1, 0.15) is 0 Å². The Kier molecular flexibility index (Phi) is 4.35. The molecule has 6 nitrogen and oxygen atoms in total. The number of ether oxygens (including phenoxy) is 1. The van der Waals surface area contributed by atoms with E-state index in [1.54, 1.807) is 25.4 Å². The van der Waals surface area contributed by atoms with Gasteiger partial charge in [-0.05, 0) is 12.1 Å². The Bertz CT molecular complexity index is 725. The number of nitrogens with zero attached hydrogens (tertiary/aromatic N) is 2. The van der Waals surface area contributed by atoms with Crippen molar-refractivity contribution in [1.82, 2.24) is 9.29 Å². The molecule has 0 saturated carbocycles. The molecular weight excluding hydrogens is 322 g/mol. The molecule has 22 heavy (non-hydrogen) atoms. The van der Waals surface area contributed by atoms with Gasteiger partial charge in [0.15, 0.2) is 5.13 Å². The van der Waals surface area contributed by atoms with Crippen molar-refractivity contribution in [3.05, 3.63) is 24.3 Å². The summed E-state index contributed by atoms with van der Waals surface area (Å²) in [6.07, 6.45) is 0. The fourth-order valence-corrected chi connectivity index (χ4v) is 4.53. The summed E-state index contributed by atoms with van der Waals surface area (Å²) >= 11 is 1.57. The summed E-state index contributed by atoms with van der Waals surface area (Å²) in [5.41, 5.74) is 0.950. The van der Waals surface area contributed by atoms with Crippen molar-refractivity contribution in [1.29, 1.82) is 0 Å². The van der Waals surface area contributed by atoms with Gasteiger partial charge in [0.25, 0.3) is 0 Å². The van der Waals surface area contributed by atoms with E-state index in [0.717, 1.165) is 15.3 Å². The van der Waals surface area contributed by atoms with Crippen LogP contribution in [-0.4, -0.2) is 56.8 Å². The van der Waals surface area contributed by atoms with Gasteiger partial charge >= 0.3 is 0 Å². The minimum absolute atomic E-state index is 0.0321. The Labute approximate surface area is 134 Å². The van der Waals surface area contributed by atoms with Crippen LogP contribution in [-0.2, 0) is 14.8 Å². The van der Waals surface area contributed by atoms with Crippen LogP contribution in [0.15, 0.2) is 24.3 Å². The quantitative estimate of drug-likeness (QED) is 0.895. The number of rotatable bonds is 5. The predicted molar refractivity (Wildman–Crippen MR) is 88.8 cm³/mol. The Balaban J connectivity index is 1.73. The first kappa shape index (κ1) is 15.7. The third kappa shape index (κ3) is 3.24. The lowest BCUT2D eigenvalue weighted by molar-refractivity contribution is 0.187. The van der Waals surface area contributed by atoms with Crippen molar-refractivity contribution in [2.45, 2.75) is 6.04 Å². The maximum atomic E-state index is 12.1. The van der Waals surface area contributed by atoms with Gasteiger partial charge in [0.2, 0.25) is 10.0 Å². The molecule has 1 aromatic carbocycles. The normalized spacial score (nSPS) is 22.5. The summed E-state index contributed by atoms with van der Waals surface area (Å²) in [5.74, 6) is 0.0159. The first-order valence-electron chi connectivity index (χ1n) is 7.06. The lowest BCUT2D eigenvalue weighted by atomic mass is 10.1. The molecule has 8 heteroatoms. The van der Waals surface area contributed by atoms with Crippen molar-refractivity contribution in [2.24, 2.45) is 5.92 Å². The van der Waals surface area contributed by atoms with Gasteiger partial charge in [-0.3, -0.25) is 0 Å².